The molecule has 8 rings (SSSR count). The van der Waals surface area contributed by atoms with Crippen LogP contribution in [0.25, 0.3) is 0 Å². The largest absolute Gasteiger partial charge is 0.304 e. The molecule has 0 fully saturated rings. The summed E-state index contributed by atoms with van der Waals surface area (Å²) in [5, 5.41) is 16.4. The molecule has 0 spiro atoms. The molecule has 274 valence electrons. The van der Waals surface area contributed by atoms with E-state index in [2.05, 4.69) is 241 Å². The summed E-state index contributed by atoms with van der Waals surface area (Å²) < 4.78 is 0. The highest BCUT2D eigenvalue weighted by molar-refractivity contribution is 7.80. The van der Waals surface area contributed by atoms with Crippen LogP contribution in [0.3, 0.4) is 0 Å². The molecule has 0 aliphatic rings. The lowest BCUT2D eigenvalue weighted by Gasteiger charge is -2.32. The lowest BCUT2D eigenvalue weighted by atomic mass is 9.92. The molecule has 0 amide bonds. The molecule has 2 N–H and O–H groups in total. The molecule has 0 bridgehead atoms. The van der Waals surface area contributed by atoms with Crippen LogP contribution in [0.5, 0.6) is 0 Å². The van der Waals surface area contributed by atoms with E-state index in [1.54, 1.807) is 0 Å². The van der Waals surface area contributed by atoms with E-state index >= 15 is 0 Å². The average molecular weight is 761 g/mol. The van der Waals surface area contributed by atoms with Gasteiger partial charge in [0.25, 0.3) is 0 Å². The standard InChI is InChI=1S/C52H46N2P2/c1-7-23-41(24-8-1)51(53-39-43-27-19-21-37-49(43)55(45-29-11-3-12-30-45)46-31-13-4-14-32-46)52(42-25-9-2-10-26-42)54-40-44-28-20-22-38-50(44)56(47-33-15-5-16-34-47)48-35-17-6-18-36-48/h1-38,51-54H,39-40H2/t51-,52?/m1/s1. The number of hydrogen-bond acceptors (Lipinski definition) is 2. The predicted molar refractivity (Wildman–Crippen MR) is 242 cm³/mol. The molecule has 0 aliphatic carbocycles. The molecular formula is C52H46N2P2. The molecule has 0 radical (unpaired) electrons. The van der Waals surface area contributed by atoms with Gasteiger partial charge in [0, 0.05) is 13.1 Å². The first kappa shape index (κ1) is 37.5. The second kappa shape index (κ2) is 18.9. The highest BCUT2D eigenvalue weighted by Crippen LogP contribution is 2.37. The first-order chi connectivity index (χ1) is 27.8. The topological polar surface area (TPSA) is 24.1 Å². The minimum atomic E-state index is -0.751. The summed E-state index contributed by atoms with van der Waals surface area (Å²) in [6.45, 7) is 1.45. The van der Waals surface area contributed by atoms with Crippen molar-refractivity contribution in [1.82, 2.24) is 10.6 Å². The molecule has 0 saturated carbocycles. The normalized spacial score (nSPS) is 12.4. The second-order valence-corrected chi connectivity index (χ2v) is 18.2. The zero-order chi connectivity index (χ0) is 37.8. The Bertz CT molecular complexity index is 2120. The summed E-state index contributed by atoms with van der Waals surface area (Å²) in [6.07, 6.45) is 0. The molecule has 8 aromatic carbocycles. The van der Waals surface area contributed by atoms with Crippen molar-refractivity contribution in [2.24, 2.45) is 0 Å². The van der Waals surface area contributed by atoms with Crippen molar-refractivity contribution in [2.75, 3.05) is 0 Å². The first-order valence-electron chi connectivity index (χ1n) is 19.4. The third-order valence-electron chi connectivity index (χ3n) is 10.2. The van der Waals surface area contributed by atoms with E-state index in [0.717, 1.165) is 13.1 Å². The average Bonchev–Trinajstić information content (AvgIpc) is 3.28. The van der Waals surface area contributed by atoms with Crippen LogP contribution in [-0.4, -0.2) is 0 Å². The molecular weight excluding hydrogens is 715 g/mol. The fourth-order valence-corrected chi connectivity index (χ4v) is 12.5. The quantitative estimate of drug-likeness (QED) is 0.102. The Hall–Kier alpha value is -5.46. The van der Waals surface area contributed by atoms with Crippen molar-refractivity contribution in [3.05, 3.63) is 253 Å². The van der Waals surface area contributed by atoms with Crippen molar-refractivity contribution in [2.45, 2.75) is 25.2 Å². The van der Waals surface area contributed by atoms with Gasteiger partial charge in [-0.15, -0.1) is 0 Å². The van der Waals surface area contributed by atoms with Gasteiger partial charge in [0.05, 0.1) is 12.1 Å². The van der Waals surface area contributed by atoms with Crippen LogP contribution in [0.15, 0.2) is 231 Å². The van der Waals surface area contributed by atoms with E-state index in [4.69, 9.17) is 0 Å². The number of benzene rings is 8. The number of rotatable bonds is 15. The van der Waals surface area contributed by atoms with Gasteiger partial charge in [-0.2, -0.15) is 0 Å². The molecule has 56 heavy (non-hydrogen) atoms. The Morgan fingerprint density at radius 1 is 0.286 bits per heavy atom. The van der Waals surface area contributed by atoms with Gasteiger partial charge in [0.2, 0.25) is 0 Å². The monoisotopic (exact) mass is 760 g/mol. The summed E-state index contributed by atoms with van der Waals surface area (Å²) >= 11 is 0. The van der Waals surface area contributed by atoms with E-state index in [9.17, 15) is 0 Å². The van der Waals surface area contributed by atoms with Gasteiger partial charge in [-0.05, 0) is 69.9 Å². The minimum absolute atomic E-state index is 0.0109. The minimum Gasteiger partial charge on any atom is -0.304 e. The van der Waals surface area contributed by atoms with E-state index in [1.807, 2.05) is 0 Å². The summed E-state index contributed by atoms with van der Waals surface area (Å²) in [5.74, 6) is 0. The molecule has 2 nitrogen and oxygen atoms in total. The summed E-state index contributed by atoms with van der Waals surface area (Å²) in [5.41, 5.74) is 5.15. The molecule has 0 heterocycles. The van der Waals surface area contributed by atoms with Gasteiger partial charge in [0.1, 0.15) is 0 Å². The molecule has 4 heteroatoms. The maximum Gasteiger partial charge on any atom is 0.0521 e. The summed E-state index contributed by atoms with van der Waals surface area (Å²) in [6, 6.07) is 83.9. The Kier molecular flexibility index (Phi) is 12.7. The fraction of sp³-hybridized carbons (Fsp3) is 0.0769. The van der Waals surface area contributed by atoms with Crippen LogP contribution >= 0.6 is 15.8 Å². The zero-order valence-corrected chi connectivity index (χ0v) is 33.2. The smallest absolute Gasteiger partial charge is 0.0521 e. The van der Waals surface area contributed by atoms with Gasteiger partial charge in [-0.1, -0.05) is 231 Å². The van der Waals surface area contributed by atoms with Gasteiger partial charge < -0.3 is 10.6 Å². The number of nitrogens with one attached hydrogen (secondary N) is 2. The summed E-state index contributed by atoms with van der Waals surface area (Å²) in [7, 11) is -1.50. The highest BCUT2D eigenvalue weighted by atomic mass is 31.1. The summed E-state index contributed by atoms with van der Waals surface area (Å²) in [4.78, 5) is 0. The molecule has 0 saturated heterocycles. The Morgan fingerprint density at radius 3 is 0.839 bits per heavy atom. The third kappa shape index (κ3) is 8.98. The van der Waals surface area contributed by atoms with Crippen LogP contribution in [0.1, 0.15) is 34.3 Å². The molecule has 0 aromatic heterocycles. The van der Waals surface area contributed by atoms with Crippen LogP contribution in [0, 0.1) is 0 Å². The van der Waals surface area contributed by atoms with E-state index in [1.165, 1.54) is 54.1 Å². The van der Waals surface area contributed by atoms with Crippen molar-refractivity contribution in [3.63, 3.8) is 0 Å². The fourth-order valence-electron chi connectivity index (χ4n) is 7.54. The maximum atomic E-state index is 4.13. The zero-order valence-electron chi connectivity index (χ0n) is 31.4. The van der Waals surface area contributed by atoms with E-state index in [-0.39, 0.29) is 12.1 Å². The van der Waals surface area contributed by atoms with Gasteiger partial charge in [0.15, 0.2) is 0 Å². The van der Waals surface area contributed by atoms with Crippen LogP contribution in [0.2, 0.25) is 0 Å². The lowest BCUT2D eigenvalue weighted by molar-refractivity contribution is 0.381. The molecule has 1 unspecified atom stereocenters. The van der Waals surface area contributed by atoms with Gasteiger partial charge in [-0.3, -0.25) is 0 Å². The lowest BCUT2D eigenvalue weighted by Crippen LogP contribution is -2.37. The maximum absolute atomic E-state index is 4.13. The van der Waals surface area contributed by atoms with Crippen LogP contribution in [-0.2, 0) is 13.1 Å². The van der Waals surface area contributed by atoms with Gasteiger partial charge in [-0.25, -0.2) is 0 Å². The van der Waals surface area contributed by atoms with Crippen LogP contribution in [0.4, 0.5) is 0 Å². The third-order valence-corrected chi connectivity index (χ3v) is 15.3. The van der Waals surface area contributed by atoms with Crippen molar-refractivity contribution >= 4 is 47.7 Å². The van der Waals surface area contributed by atoms with E-state index in [0.29, 0.717) is 0 Å². The highest BCUT2D eigenvalue weighted by Gasteiger charge is 2.27. The second-order valence-electron chi connectivity index (χ2n) is 13.8. The van der Waals surface area contributed by atoms with Crippen molar-refractivity contribution in [1.29, 1.82) is 0 Å². The Labute approximate surface area is 334 Å². The molecule has 0 aliphatic heterocycles. The number of hydrogen-bond donors (Lipinski definition) is 2. The molecule has 2 atom stereocenters. The van der Waals surface area contributed by atoms with E-state index < -0.39 is 15.8 Å². The van der Waals surface area contributed by atoms with Crippen LogP contribution < -0.4 is 42.5 Å². The van der Waals surface area contributed by atoms with Crippen molar-refractivity contribution in [3.8, 4) is 0 Å². The first-order valence-corrected chi connectivity index (χ1v) is 22.0. The Morgan fingerprint density at radius 2 is 0.536 bits per heavy atom. The Balaban J connectivity index is 1.15. The van der Waals surface area contributed by atoms with Crippen molar-refractivity contribution < 1.29 is 0 Å². The predicted octanol–water partition coefficient (Wildman–Crippen LogP) is 9.56. The van der Waals surface area contributed by atoms with Gasteiger partial charge >= 0.3 is 0 Å². The molecule has 8 aromatic rings. The SMILES string of the molecule is c1ccc(C(NCc2ccccc2P(c2ccccc2)c2ccccc2)[C@H](NCc2ccccc2P(c2ccccc2)c2ccccc2)c2ccccc2)cc1.